The summed E-state index contributed by atoms with van der Waals surface area (Å²) >= 11 is 0. The van der Waals surface area contributed by atoms with Crippen molar-refractivity contribution in [3.63, 3.8) is 0 Å². The molecular formula is C18H22N2O. The molecule has 2 aromatic carbocycles. The molecule has 0 atom stereocenters. The second kappa shape index (κ2) is 7.60. The van der Waals surface area contributed by atoms with E-state index >= 15 is 0 Å². The Labute approximate surface area is 126 Å². The van der Waals surface area contributed by atoms with Gasteiger partial charge in [-0.1, -0.05) is 59.7 Å². The van der Waals surface area contributed by atoms with E-state index in [0.717, 1.165) is 5.56 Å². The van der Waals surface area contributed by atoms with Gasteiger partial charge in [-0.2, -0.15) is 0 Å². The fraction of sp³-hybridized carbons (Fsp3) is 0.278. The molecule has 3 nitrogen and oxygen atoms in total. The number of benzene rings is 2. The van der Waals surface area contributed by atoms with Crippen LogP contribution in [-0.4, -0.2) is 12.5 Å². The largest absolute Gasteiger partial charge is 0.351 e. The fourth-order valence-corrected chi connectivity index (χ4v) is 2.23. The van der Waals surface area contributed by atoms with Crippen molar-refractivity contribution in [3.8, 4) is 0 Å². The van der Waals surface area contributed by atoms with Crippen molar-refractivity contribution in [1.29, 1.82) is 0 Å². The number of amides is 1. The molecule has 2 aromatic rings. The van der Waals surface area contributed by atoms with Gasteiger partial charge in [0.15, 0.2) is 0 Å². The second-order valence-corrected chi connectivity index (χ2v) is 5.36. The SMILES string of the molecule is Cc1cccc(CNCC(=O)NCc2cccc(C)c2)c1. The van der Waals surface area contributed by atoms with E-state index in [2.05, 4.69) is 54.8 Å². The predicted octanol–water partition coefficient (Wildman–Crippen LogP) is 2.71. The third-order valence-electron chi connectivity index (χ3n) is 3.27. The van der Waals surface area contributed by atoms with Crippen LogP contribution in [0, 0.1) is 13.8 Å². The number of aryl methyl sites for hydroxylation is 2. The predicted molar refractivity (Wildman–Crippen MR) is 85.9 cm³/mol. The Bertz CT molecular complexity index is 608. The lowest BCUT2D eigenvalue weighted by Crippen LogP contribution is -2.33. The molecule has 21 heavy (non-hydrogen) atoms. The van der Waals surface area contributed by atoms with Crippen LogP contribution < -0.4 is 10.6 Å². The number of nitrogens with one attached hydrogen (secondary N) is 2. The molecule has 0 aliphatic rings. The van der Waals surface area contributed by atoms with E-state index in [1.54, 1.807) is 0 Å². The highest BCUT2D eigenvalue weighted by Gasteiger charge is 2.01. The molecule has 0 saturated carbocycles. The van der Waals surface area contributed by atoms with E-state index in [4.69, 9.17) is 0 Å². The van der Waals surface area contributed by atoms with E-state index in [-0.39, 0.29) is 5.91 Å². The molecule has 0 aromatic heterocycles. The number of rotatable bonds is 6. The molecule has 0 saturated heterocycles. The summed E-state index contributed by atoms with van der Waals surface area (Å²) < 4.78 is 0. The maximum Gasteiger partial charge on any atom is 0.234 e. The lowest BCUT2D eigenvalue weighted by molar-refractivity contribution is -0.120. The summed E-state index contributed by atoms with van der Waals surface area (Å²) in [5.74, 6) is 0.0177. The van der Waals surface area contributed by atoms with Crippen molar-refractivity contribution < 1.29 is 4.79 Å². The minimum absolute atomic E-state index is 0.0177. The zero-order valence-electron chi connectivity index (χ0n) is 12.6. The standard InChI is InChI=1S/C18H22N2O/c1-14-5-3-7-16(9-14)11-19-13-18(21)20-12-17-8-4-6-15(2)10-17/h3-10,19H,11-13H2,1-2H3,(H,20,21). The van der Waals surface area contributed by atoms with Gasteiger partial charge < -0.3 is 10.6 Å². The first kappa shape index (κ1) is 15.3. The molecule has 1 amide bonds. The molecule has 3 heteroatoms. The van der Waals surface area contributed by atoms with Gasteiger partial charge in [0, 0.05) is 13.1 Å². The van der Waals surface area contributed by atoms with Gasteiger partial charge in [0.25, 0.3) is 0 Å². The van der Waals surface area contributed by atoms with Crippen molar-refractivity contribution in [2.45, 2.75) is 26.9 Å². The molecule has 0 aliphatic carbocycles. The van der Waals surface area contributed by atoms with Gasteiger partial charge in [-0.3, -0.25) is 4.79 Å². The van der Waals surface area contributed by atoms with Gasteiger partial charge in [-0.25, -0.2) is 0 Å². The van der Waals surface area contributed by atoms with Gasteiger partial charge in [0.05, 0.1) is 6.54 Å². The minimum atomic E-state index is 0.0177. The molecular weight excluding hydrogens is 260 g/mol. The van der Waals surface area contributed by atoms with Gasteiger partial charge >= 0.3 is 0 Å². The second-order valence-electron chi connectivity index (χ2n) is 5.36. The van der Waals surface area contributed by atoms with Crippen LogP contribution in [0.3, 0.4) is 0 Å². The fourth-order valence-electron chi connectivity index (χ4n) is 2.23. The van der Waals surface area contributed by atoms with E-state index in [0.29, 0.717) is 19.6 Å². The van der Waals surface area contributed by atoms with Crippen LogP contribution in [-0.2, 0) is 17.9 Å². The Kier molecular flexibility index (Phi) is 5.52. The van der Waals surface area contributed by atoms with Gasteiger partial charge in [-0.05, 0) is 25.0 Å². The zero-order chi connectivity index (χ0) is 15.1. The third-order valence-corrected chi connectivity index (χ3v) is 3.27. The van der Waals surface area contributed by atoms with Crippen LogP contribution in [0.25, 0.3) is 0 Å². The summed E-state index contributed by atoms with van der Waals surface area (Å²) in [6, 6.07) is 16.4. The molecule has 0 unspecified atom stereocenters. The quantitative estimate of drug-likeness (QED) is 0.855. The first-order valence-corrected chi connectivity index (χ1v) is 7.22. The number of carbonyl (C=O) groups is 1. The van der Waals surface area contributed by atoms with Crippen molar-refractivity contribution in [2.75, 3.05) is 6.54 Å². The van der Waals surface area contributed by atoms with Crippen molar-refractivity contribution in [1.82, 2.24) is 10.6 Å². The normalized spacial score (nSPS) is 10.4. The Morgan fingerprint density at radius 1 is 0.905 bits per heavy atom. The molecule has 0 spiro atoms. The highest BCUT2D eigenvalue weighted by Crippen LogP contribution is 2.04. The summed E-state index contributed by atoms with van der Waals surface area (Å²) in [6.07, 6.45) is 0. The average Bonchev–Trinajstić information content (AvgIpc) is 2.45. The van der Waals surface area contributed by atoms with Crippen LogP contribution >= 0.6 is 0 Å². The van der Waals surface area contributed by atoms with E-state index in [1.807, 2.05) is 18.2 Å². The molecule has 2 N–H and O–H groups in total. The van der Waals surface area contributed by atoms with Crippen LogP contribution in [0.4, 0.5) is 0 Å². The molecule has 2 rings (SSSR count). The van der Waals surface area contributed by atoms with E-state index in [1.165, 1.54) is 16.7 Å². The highest BCUT2D eigenvalue weighted by atomic mass is 16.1. The molecule has 0 heterocycles. The summed E-state index contributed by atoms with van der Waals surface area (Å²) in [5, 5.41) is 6.09. The lowest BCUT2D eigenvalue weighted by Gasteiger charge is -2.08. The van der Waals surface area contributed by atoms with Crippen molar-refractivity contribution >= 4 is 5.91 Å². The van der Waals surface area contributed by atoms with Crippen LogP contribution in [0.5, 0.6) is 0 Å². The van der Waals surface area contributed by atoms with Crippen molar-refractivity contribution in [3.05, 3.63) is 70.8 Å². The summed E-state index contributed by atoms with van der Waals surface area (Å²) in [7, 11) is 0. The maximum absolute atomic E-state index is 11.8. The van der Waals surface area contributed by atoms with Gasteiger partial charge in [-0.15, -0.1) is 0 Å². The average molecular weight is 282 g/mol. The summed E-state index contributed by atoms with van der Waals surface area (Å²) in [5.41, 5.74) is 4.76. The summed E-state index contributed by atoms with van der Waals surface area (Å²) in [4.78, 5) is 11.8. The maximum atomic E-state index is 11.8. The Hall–Kier alpha value is -2.13. The highest BCUT2D eigenvalue weighted by molar-refractivity contribution is 5.77. The Morgan fingerprint density at radius 3 is 2.05 bits per heavy atom. The summed E-state index contributed by atoms with van der Waals surface area (Å²) in [6.45, 7) is 5.73. The van der Waals surface area contributed by atoms with E-state index < -0.39 is 0 Å². The molecule has 0 radical (unpaired) electrons. The van der Waals surface area contributed by atoms with Crippen molar-refractivity contribution in [2.24, 2.45) is 0 Å². The third kappa shape index (κ3) is 5.40. The molecule has 110 valence electrons. The minimum Gasteiger partial charge on any atom is -0.351 e. The number of hydrogen-bond donors (Lipinski definition) is 2. The van der Waals surface area contributed by atoms with Crippen LogP contribution in [0.2, 0.25) is 0 Å². The molecule has 0 bridgehead atoms. The van der Waals surface area contributed by atoms with Crippen LogP contribution in [0.1, 0.15) is 22.3 Å². The van der Waals surface area contributed by atoms with Gasteiger partial charge in [0.1, 0.15) is 0 Å². The number of carbonyl (C=O) groups excluding carboxylic acids is 1. The molecule has 0 fully saturated rings. The number of hydrogen-bond acceptors (Lipinski definition) is 2. The first-order valence-electron chi connectivity index (χ1n) is 7.22. The molecule has 0 aliphatic heterocycles. The van der Waals surface area contributed by atoms with Gasteiger partial charge in [0.2, 0.25) is 5.91 Å². The first-order chi connectivity index (χ1) is 10.1. The smallest absolute Gasteiger partial charge is 0.234 e. The Morgan fingerprint density at radius 2 is 1.48 bits per heavy atom. The topological polar surface area (TPSA) is 41.1 Å². The van der Waals surface area contributed by atoms with Crippen LogP contribution in [0.15, 0.2) is 48.5 Å². The Balaban J connectivity index is 1.70. The zero-order valence-corrected chi connectivity index (χ0v) is 12.6. The lowest BCUT2D eigenvalue weighted by atomic mass is 10.1. The monoisotopic (exact) mass is 282 g/mol. The van der Waals surface area contributed by atoms with E-state index in [9.17, 15) is 4.79 Å².